The van der Waals surface area contributed by atoms with E-state index in [1.807, 2.05) is 36.2 Å². The van der Waals surface area contributed by atoms with Gasteiger partial charge in [-0.3, -0.25) is 14.5 Å². The molecule has 1 fully saturated rings. The molecule has 1 aromatic carbocycles. The van der Waals surface area contributed by atoms with E-state index in [-0.39, 0.29) is 18.5 Å². The highest BCUT2D eigenvalue weighted by atomic mass is 79.9. The van der Waals surface area contributed by atoms with Gasteiger partial charge in [-0.1, -0.05) is 12.1 Å². The van der Waals surface area contributed by atoms with E-state index in [9.17, 15) is 9.59 Å². The number of piperidine rings is 1. The lowest BCUT2D eigenvalue weighted by Crippen LogP contribution is -2.49. The molecule has 1 N–H and O–H groups in total. The number of hydrogen-bond donors (Lipinski definition) is 1. The summed E-state index contributed by atoms with van der Waals surface area (Å²) in [6.45, 7) is 3.03. The molecule has 7 heteroatoms. The van der Waals surface area contributed by atoms with Gasteiger partial charge in [0.15, 0.2) is 6.10 Å². The van der Waals surface area contributed by atoms with E-state index in [4.69, 9.17) is 9.84 Å². The predicted octanol–water partition coefficient (Wildman–Crippen LogP) is 2.22. The topological polar surface area (TPSA) is 70.1 Å². The second kappa shape index (κ2) is 8.48. The second-order valence-corrected chi connectivity index (χ2v) is 6.91. The van der Waals surface area contributed by atoms with Crippen LogP contribution >= 0.6 is 15.9 Å². The second-order valence-electron chi connectivity index (χ2n) is 6.06. The Morgan fingerprint density at radius 2 is 2.00 bits per heavy atom. The van der Waals surface area contributed by atoms with Crippen LogP contribution in [0.1, 0.15) is 19.8 Å². The van der Waals surface area contributed by atoms with E-state index in [2.05, 4.69) is 15.9 Å². The van der Waals surface area contributed by atoms with Gasteiger partial charge in [0.2, 0.25) is 0 Å². The van der Waals surface area contributed by atoms with Gasteiger partial charge in [0.05, 0.1) is 11.0 Å². The molecule has 132 valence electrons. The van der Waals surface area contributed by atoms with Crippen LogP contribution in [0.15, 0.2) is 28.7 Å². The lowest BCUT2D eigenvalue weighted by atomic mass is 10.0. The Morgan fingerprint density at radius 1 is 1.38 bits per heavy atom. The maximum atomic E-state index is 12.5. The molecule has 0 aromatic heterocycles. The number of likely N-dealkylation sites (tertiary alicyclic amines) is 1. The third kappa shape index (κ3) is 4.95. The van der Waals surface area contributed by atoms with Crippen molar-refractivity contribution < 1.29 is 19.4 Å². The van der Waals surface area contributed by atoms with Crippen LogP contribution in [0.3, 0.4) is 0 Å². The molecule has 1 aromatic rings. The largest absolute Gasteiger partial charge is 0.480 e. The summed E-state index contributed by atoms with van der Waals surface area (Å²) < 4.78 is 6.58. The van der Waals surface area contributed by atoms with Gasteiger partial charge in [0.1, 0.15) is 5.75 Å². The summed E-state index contributed by atoms with van der Waals surface area (Å²) in [6, 6.07) is 7.64. The maximum Gasteiger partial charge on any atom is 0.317 e. The van der Waals surface area contributed by atoms with Crippen molar-refractivity contribution in [3.63, 3.8) is 0 Å². The average Bonchev–Trinajstić information content (AvgIpc) is 2.55. The van der Waals surface area contributed by atoms with Crippen molar-refractivity contribution in [1.29, 1.82) is 0 Å². The predicted molar refractivity (Wildman–Crippen MR) is 94.1 cm³/mol. The Hall–Kier alpha value is -1.60. The number of rotatable bonds is 6. The number of carbonyl (C=O) groups excluding carboxylic acids is 1. The molecule has 6 nitrogen and oxygen atoms in total. The lowest BCUT2D eigenvalue weighted by Gasteiger charge is -2.37. The SMILES string of the molecule is C[C@@H](Oc1ccccc1Br)C(=O)N1CCC(N(C)CC(=O)O)CC1. The van der Waals surface area contributed by atoms with E-state index in [0.717, 1.165) is 17.3 Å². The molecule has 2 rings (SSSR count). The molecular weight excluding hydrogens is 376 g/mol. The van der Waals surface area contributed by atoms with Gasteiger partial charge in [0.25, 0.3) is 5.91 Å². The third-order valence-electron chi connectivity index (χ3n) is 4.27. The van der Waals surface area contributed by atoms with E-state index in [0.29, 0.717) is 18.8 Å². The fourth-order valence-electron chi connectivity index (χ4n) is 2.91. The number of benzene rings is 1. The van der Waals surface area contributed by atoms with E-state index in [1.54, 1.807) is 11.8 Å². The Bertz CT molecular complexity index is 588. The normalized spacial score (nSPS) is 16.9. The first-order valence-electron chi connectivity index (χ1n) is 8.00. The van der Waals surface area contributed by atoms with Crippen LogP contribution in [0.4, 0.5) is 0 Å². The zero-order chi connectivity index (χ0) is 17.7. The maximum absolute atomic E-state index is 12.5. The minimum atomic E-state index is -0.827. The Labute approximate surface area is 150 Å². The third-order valence-corrected chi connectivity index (χ3v) is 4.93. The molecular formula is C17H23BrN2O4. The monoisotopic (exact) mass is 398 g/mol. The number of para-hydroxylation sites is 1. The summed E-state index contributed by atoms with van der Waals surface area (Å²) in [5.41, 5.74) is 0. The number of halogens is 1. The molecule has 0 aliphatic carbocycles. The summed E-state index contributed by atoms with van der Waals surface area (Å²) in [5.74, 6) is -0.217. The van der Waals surface area contributed by atoms with Gasteiger partial charge in [-0.05, 0) is 54.9 Å². The number of carboxylic acids is 1. The van der Waals surface area contributed by atoms with Crippen LogP contribution in [0.2, 0.25) is 0 Å². The number of ether oxygens (including phenoxy) is 1. The summed E-state index contributed by atoms with van der Waals surface area (Å²) in [5, 5.41) is 8.86. The van der Waals surface area contributed by atoms with Crippen molar-refractivity contribution in [3.8, 4) is 5.75 Å². The van der Waals surface area contributed by atoms with Crippen molar-refractivity contribution in [2.24, 2.45) is 0 Å². The number of carbonyl (C=O) groups is 2. The molecule has 24 heavy (non-hydrogen) atoms. The van der Waals surface area contributed by atoms with Crippen LogP contribution in [0.5, 0.6) is 5.75 Å². The van der Waals surface area contributed by atoms with Crippen LogP contribution in [-0.4, -0.2) is 65.6 Å². The molecule has 0 radical (unpaired) electrons. The summed E-state index contributed by atoms with van der Waals surface area (Å²) >= 11 is 3.41. The van der Waals surface area contributed by atoms with Crippen LogP contribution in [0, 0.1) is 0 Å². The molecule has 1 atom stereocenters. The molecule has 0 spiro atoms. The van der Waals surface area contributed by atoms with Crippen LogP contribution in [0.25, 0.3) is 0 Å². The number of aliphatic carboxylic acids is 1. The number of hydrogen-bond acceptors (Lipinski definition) is 4. The zero-order valence-corrected chi connectivity index (χ0v) is 15.5. The molecule has 1 amide bonds. The van der Waals surface area contributed by atoms with Gasteiger partial charge < -0.3 is 14.7 Å². The molecule has 0 unspecified atom stereocenters. The fourth-order valence-corrected chi connectivity index (χ4v) is 3.29. The van der Waals surface area contributed by atoms with Gasteiger partial charge in [-0.15, -0.1) is 0 Å². The molecule has 1 saturated heterocycles. The van der Waals surface area contributed by atoms with Crippen LogP contribution < -0.4 is 4.74 Å². The zero-order valence-electron chi connectivity index (χ0n) is 13.9. The standard InChI is InChI=1S/C17H23BrN2O4/c1-12(24-15-6-4-3-5-14(15)18)17(23)20-9-7-13(8-10-20)19(2)11-16(21)22/h3-6,12-13H,7-11H2,1-2H3,(H,21,22)/t12-/m1/s1. The molecule has 1 heterocycles. The molecule has 0 saturated carbocycles. The number of nitrogens with zero attached hydrogens (tertiary/aromatic N) is 2. The Morgan fingerprint density at radius 3 is 2.58 bits per heavy atom. The highest BCUT2D eigenvalue weighted by molar-refractivity contribution is 9.10. The molecule has 0 bridgehead atoms. The van der Waals surface area contributed by atoms with E-state index < -0.39 is 12.1 Å². The number of likely N-dealkylation sites (N-methyl/N-ethyl adjacent to an activating group) is 1. The first kappa shape index (κ1) is 18.7. The smallest absolute Gasteiger partial charge is 0.317 e. The summed E-state index contributed by atoms with van der Waals surface area (Å²) in [4.78, 5) is 27.0. The van der Waals surface area contributed by atoms with Gasteiger partial charge >= 0.3 is 5.97 Å². The van der Waals surface area contributed by atoms with Crippen molar-refractivity contribution in [2.45, 2.75) is 31.9 Å². The highest BCUT2D eigenvalue weighted by Crippen LogP contribution is 2.25. The summed E-state index contributed by atoms with van der Waals surface area (Å²) in [7, 11) is 1.81. The van der Waals surface area contributed by atoms with E-state index >= 15 is 0 Å². The minimum absolute atomic E-state index is 0.0279. The van der Waals surface area contributed by atoms with Crippen molar-refractivity contribution >= 4 is 27.8 Å². The first-order valence-corrected chi connectivity index (χ1v) is 8.79. The quantitative estimate of drug-likeness (QED) is 0.795. The van der Waals surface area contributed by atoms with Crippen molar-refractivity contribution in [1.82, 2.24) is 9.80 Å². The Kier molecular flexibility index (Phi) is 6.62. The number of carboxylic acid groups (broad SMARTS) is 1. The first-order chi connectivity index (χ1) is 11.4. The van der Waals surface area contributed by atoms with Gasteiger partial charge in [-0.2, -0.15) is 0 Å². The molecule has 1 aliphatic heterocycles. The Balaban J connectivity index is 1.86. The average molecular weight is 399 g/mol. The van der Waals surface area contributed by atoms with Crippen molar-refractivity contribution in [3.05, 3.63) is 28.7 Å². The highest BCUT2D eigenvalue weighted by Gasteiger charge is 2.29. The summed E-state index contributed by atoms with van der Waals surface area (Å²) in [6.07, 6.45) is 0.992. The molecule has 1 aliphatic rings. The number of amides is 1. The fraction of sp³-hybridized carbons (Fsp3) is 0.529. The van der Waals surface area contributed by atoms with Gasteiger partial charge in [-0.25, -0.2) is 0 Å². The lowest BCUT2D eigenvalue weighted by molar-refractivity contribution is -0.141. The van der Waals surface area contributed by atoms with E-state index in [1.165, 1.54) is 0 Å². The minimum Gasteiger partial charge on any atom is -0.480 e. The van der Waals surface area contributed by atoms with Gasteiger partial charge in [0, 0.05) is 19.1 Å². The van der Waals surface area contributed by atoms with Crippen LogP contribution in [-0.2, 0) is 9.59 Å². The van der Waals surface area contributed by atoms with Crippen molar-refractivity contribution in [2.75, 3.05) is 26.7 Å².